The molecule has 0 aliphatic heterocycles. The average molecular weight is 204 g/mol. The highest BCUT2D eigenvalue weighted by Gasteiger charge is 1.75. The summed E-state index contributed by atoms with van der Waals surface area (Å²) in [6.45, 7) is 11.9. The highest BCUT2D eigenvalue weighted by molar-refractivity contribution is 5.45. The molecule has 0 spiro atoms. The third-order valence-electron chi connectivity index (χ3n) is 1.37. The van der Waals surface area contributed by atoms with Crippen molar-refractivity contribution < 1.29 is 0 Å². The van der Waals surface area contributed by atoms with Crippen LogP contribution in [0.4, 0.5) is 0 Å². The Morgan fingerprint density at radius 1 is 1.00 bits per heavy atom. The molecule has 15 heavy (non-hydrogen) atoms. The molecule has 0 bridgehead atoms. The van der Waals surface area contributed by atoms with Gasteiger partial charge in [-0.25, -0.2) is 0 Å². The molecule has 1 aromatic rings. The Morgan fingerprint density at radius 3 is 1.60 bits per heavy atom. The monoisotopic (exact) mass is 204 g/mol. The summed E-state index contributed by atoms with van der Waals surface area (Å²) in [5.41, 5.74) is 1.17. The van der Waals surface area contributed by atoms with Gasteiger partial charge < -0.3 is 0 Å². The molecular formula is C15H24. The van der Waals surface area contributed by atoms with Gasteiger partial charge in [-0.3, -0.25) is 0 Å². The molecular weight excluding hydrogens is 180 g/mol. The molecule has 0 aliphatic rings. The topological polar surface area (TPSA) is 0 Å². The quantitative estimate of drug-likeness (QED) is 0.542. The first kappa shape index (κ1) is 16.1. The van der Waals surface area contributed by atoms with E-state index in [0.29, 0.717) is 0 Å². The fourth-order valence-electron chi connectivity index (χ4n) is 0.589. The fraction of sp³-hybridized carbons (Fsp3) is 0.333. The van der Waals surface area contributed by atoms with Gasteiger partial charge in [0.2, 0.25) is 0 Å². The van der Waals surface area contributed by atoms with Crippen molar-refractivity contribution in [3.8, 4) is 0 Å². The van der Waals surface area contributed by atoms with Crippen molar-refractivity contribution >= 4 is 6.08 Å². The van der Waals surface area contributed by atoms with Crippen molar-refractivity contribution in [2.45, 2.75) is 34.1 Å². The van der Waals surface area contributed by atoms with Crippen LogP contribution in [0.25, 0.3) is 6.08 Å². The van der Waals surface area contributed by atoms with E-state index in [4.69, 9.17) is 0 Å². The first-order valence-corrected chi connectivity index (χ1v) is 5.51. The van der Waals surface area contributed by atoms with Gasteiger partial charge in [0.15, 0.2) is 0 Å². The molecule has 0 nitrogen and oxygen atoms in total. The van der Waals surface area contributed by atoms with E-state index in [2.05, 4.69) is 20.4 Å². The van der Waals surface area contributed by atoms with E-state index < -0.39 is 0 Å². The van der Waals surface area contributed by atoms with Crippen molar-refractivity contribution in [1.29, 1.82) is 0 Å². The van der Waals surface area contributed by atoms with Gasteiger partial charge in [-0.2, -0.15) is 0 Å². The highest BCUT2D eigenvalue weighted by Crippen LogP contribution is 1.97. The van der Waals surface area contributed by atoms with Crippen LogP contribution in [-0.2, 0) is 0 Å². The zero-order valence-electron chi connectivity index (χ0n) is 10.5. The Labute approximate surface area is 95.3 Å². The molecule has 0 aromatic heterocycles. The van der Waals surface area contributed by atoms with Crippen LogP contribution >= 0.6 is 0 Å². The van der Waals surface area contributed by atoms with Crippen LogP contribution in [0, 0.1) is 0 Å². The van der Waals surface area contributed by atoms with Crippen molar-refractivity contribution in [1.82, 2.24) is 0 Å². The minimum absolute atomic E-state index is 1.17. The van der Waals surface area contributed by atoms with Gasteiger partial charge in [0.05, 0.1) is 0 Å². The highest BCUT2D eigenvalue weighted by atomic mass is 13.8. The second-order valence-electron chi connectivity index (χ2n) is 2.99. The molecule has 0 saturated carbocycles. The molecule has 0 radical (unpaired) electrons. The summed E-state index contributed by atoms with van der Waals surface area (Å²) in [4.78, 5) is 0. The standard InChI is InChI=1S/C8H8.C4H8.C3H8/c1-2-8-6-4-3-5-7-8;1-3-4-2;1-3-2/h2-7H,1H2;3-4H,1-2H3;3H2,1-2H3/b;4-3-;. The Morgan fingerprint density at radius 2 is 1.40 bits per heavy atom. The van der Waals surface area contributed by atoms with Gasteiger partial charge in [-0.15, -0.1) is 0 Å². The van der Waals surface area contributed by atoms with Crippen molar-refractivity contribution in [3.05, 3.63) is 54.6 Å². The molecule has 0 saturated heterocycles. The second kappa shape index (κ2) is 15.2. The molecule has 0 amide bonds. The second-order valence-corrected chi connectivity index (χ2v) is 2.99. The zero-order valence-corrected chi connectivity index (χ0v) is 10.5. The summed E-state index contributed by atoms with van der Waals surface area (Å²) in [6.07, 6.45) is 7.08. The number of hydrogen-bond acceptors (Lipinski definition) is 0. The lowest BCUT2D eigenvalue weighted by Crippen LogP contribution is -1.63. The third kappa shape index (κ3) is 15.5. The van der Waals surface area contributed by atoms with Crippen LogP contribution in [-0.4, -0.2) is 0 Å². The summed E-state index contributed by atoms with van der Waals surface area (Å²) in [7, 11) is 0. The molecule has 0 heterocycles. The van der Waals surface area contributed by atoms with E-state index in [0.717, 1.165) is 0 Å². The summed E-state index contributed by atoms with van der Waals surface area (Å²) < 4.78 is 0. The molecule has 84 valence electrons. The first-order chi connectivity index (χ1) is 7.26. The lowest BCUT2D eigenvalue weighted by Gasteiger charge is -1.85. The van der Waals surface area contributed by atoms with Gasteiger partial charge in [0.1, 0.15) is 0 Å². The molecule has 0 unspecified atom stereocenters. The van der Waals surface area contributed by atoms with E-state index in [1.54, 1.807) is 0 Å². The average Bonchev–Trinajstić information content (AvgIpc) is 2.31. The SMILES string of the molecule is C/C=C\C.C=Cc1ccccc1.CCC. The fourth-order valence-corrected chi connectivity index (χ4v) is 0.589. The lowest BCUT2D eigenvalue weighted by molar-refractivity contribution is 1.09. The van der Waals surface area contributed by atoms with Crippen LogP contribution in [0.3, 0.4) is 0 Å². The maximum absolute atomic E-state index is 3.63. The Bertz CT molecular complexity index is 227. The summed E-state index contributed by atoms with van der Waals surface area (Å²) >= 11 is 0. The lowest BCUT2D eigenvalue weighted by atomic mass is 10.2. The van der Waals surface area contributed by atoms with Crippen LogP contribution < -0.4 is 0 Å². The molecule has 0 fully saturated rings. The van der Waals surface area contributed by atoms with Gasteiger partial charge in [0.25, 0.3) is 0 Å². The number of rotatable bonds is 1. The van der Waals surface area contributed by atoms with Crippen LogP contribution in [0.2, 0.25) is 0 Å². The minimum atomic E-state index is 1.17. The zero-order chi connectivity index (χ0) is 11.9. The van der Waals surface area contributed by atoms with Gasteiger partial charge in [-0.1, -0.05) is 75.4 Å². The molecule has 1 rings (SSSR count). The molecule has 0 atom stereocenters. The van der Waals surface area contributed by atoms with Crippen molar-refractivity contribution in [2.75, 3.05) is 0 Å². The van der Waals surface area contributed by atoms with E-state index in [1.165, 1.54) is 12.0 Å². The van der Waals surface area contributed by atoms with Crippen molar-refractivity contribution in [2.24, 2.45) is 0 Å². The number of hydrogen-bond donors (Lipinski definition) is 0. The largest absolute Gasteiger partial charge is 0.0985 e. The maximum atomic E-state index is 3.63. The van der Waals surface area contributed by atoms with Crippen LogP contribution in [0.15, 0.2) is 49.1 Å². The first-order valence-electron chi connectivity index (χ1n) is 5.51. The smallest absolute Gasteiger partial charge is 0.0263 e. The van der Waals surface area contributed by atoms with Crippen molar-refractivity contribution in [3.63, 3.8) is 0 Å². The summed E-state index contributed by atoms with van der Waals surface area (Å²) in [6, 6.07) is 10.0. The van der Waals surface area contributed by atoms with E-state index in [-0.39, 0.29) is 0 Å². The summed E-state index contributed by atoms with van der Waals surface area (Å²) in [5.74, 6) is 0. The van der Waals surface area contributed by atoms with Crippen LogP contribution in [0.5, 0.6) is 0 Å². The van der Waals surface area contributed by atoms with Gasteiger partial charge in [0, 0.05) is 0 Å². The van der Waals surface area contributed by atoms with E-state index in [9.17, 15) is 0 Å². The number of benzene rings is 1. The van der Waals surface area contributed by atoms with Crippen LogP contribution in [0.1, 0.15) is 39.7 Å². The number of allylic oxidation sites excluding steroid dienone is 2. The Hall–Kier alpha value is -1.30. The van der Waals surface area contributed by atoms with E-state index in [1.807, 2.05) is 62.4 Å². The molecule has 0 aliphatic carbocycles. The molecule has 0 heteroatoms. The maximum Gasteiger partial charge on any atom is -0.0263 e. The van der Waals surface area contributed by atoms with Gasteiger partial charge in [-0.05, 0) is 19.4 Å². The molecule has 0 N–H and O–H groups in total. The Kier molecular flexibility index (Phi) is 16.3. The predicted molar refractivity (Wildman–Crippen MR) is 73.0 cm³/mol. The molecule has 1 aromatic carbocycles. The predicted octanol–water partition coefficient (Wildman–Crippen LogP) is 5.33. The Balaban J connectivity index is 0. The summed E-state index contributed by atoms with van der Waals surface area (Å²) in [5, 5.41) is 0. The normalized spacial score (nSPS) is 8.27. The van der Waals surface area contributed by atoms with E-state index >= 15 is 0 Å². The third-order valence-corrected chi connectivity index (χ3v) is 1.37. The van der Waals surface area contributed by atoms with Gasteiger partial charge >= 0.3 is 0 Å². The minimum Gasteiger partial charge on any atom is -0.0985 e.